The summed E-state index contributed by atoms with van der Waals surface area (Å²) in [6.07, 6.45) is 0.728. The summed E-state index contributed by atoms with van der Waals surface area (Å²) in [5.41, 5.74) is 2.40. The summed E-state index contributed by atoms with van der Waals surface area (Å²) in [5, 5.41) is 6.29. The number of aryl methyl sites for hydroxylation is 1. The third-order valence-corrected chi connectivity index (χ3v) is 3.73. The molecule has 2 heterocycles. The van der Waals surface area contributed by atoms with Gasteiger partial charge >= 0.3 is 5.97 Å². The molecule has 0 radical (unpaired) electrons. The molecule has 0 N–H and O–H groups in total. The fourth-order valence-electron chi connectivity index (χ4n) is 1.81. The molecule has 0 unspecified atom stereocenters. The van der Waals surface area contributed by atoms with Crippen molar-refractivity contribution in [3.63, 3.8) is 0 Å². The van der Waals surface area contributed by atoms with Crippen molar-refractivity contribution >= 4 is 17.3 Å². The zero-order valence-corrected chi connectivity index (χ0v) is 11.6. The highest BCUT2D eigenvalue weighted by atomic mass is 32.1. The molecule has 0 amide bonds. The summed E-state index contributed by atoms with van der Waals surface area (Å²) in [6.45, 7) is 4.14. The van der Waals surface area contributed by atoms with Crippen LogP contribution in [0.2, 0.25) is 0 Å². The van der Waals surface area contributed by atoms with Crippen molar-refractivity contribution in [3.8, 4) is 0 Å². The van der Waals surface area contributed by atoms with Gasteiger partial charge in [-0.3, -0.25) is 4.68 Å². The predicted molar refractivity (Wildman–Crippen MR) is 71.0 cm³/mol. The molecular formula is C13H16N2O2S. The minimum absolute atomic E-state index is 0.340. The first-order chi connectivity index (χ1) is 8.63. The lowest BCUT2D eigenvalue weighted by molar-refractivity contribution is 0.0517. The Bertz CT molecular complexity index is 544. The normalized spacial score (nSPS) is 10.6. The van der Waals surface area contributed by atoms with Gasteiger partial charge in [0.1, 0.15) is 0 Å². The van der Waals surface area contributed by atoms with E-state index in [2.05, 4.69) is 11.2 Å². The molecule has 0 spiro atoms. The molecule has 2 rings (SSSR count). The Morgan fingerprint density at radius 3 is 2.94 bits per heavy atom. The monoisotopic (exact) mass is 264 g/mol. The minimum Gasteiger partial charge on any atom is -0.461 e. The van der Waals surface area contributed by atoms with Crippen molar-refractivity contribution < 1.29 is 9.53 Å². The Kier molecular flexibility index (Phi) is 3.81. The molecule has 0 fully saturated rings. The highest BCUT2D eigenvalue weighted by Crippen LogP contribution is 2.21. The summed E-state index contributed by atoms with van der Waals surface area (Å²) < 4.78 is 6.78. The quantitative estimate of drug-likeness (QED) is 0.797. The van der Waals surface area contributed by atoms with Crippen LogP contribution in [0.4, 0.5) is 0 Å². The average molecular weight is 264 g/mol. The molecular weight excluding hydrogens is 248 g/mol. The van der Waals surface area contributed by atoms with E-state index in [1.807, 2.05) is 25.4 Å². The van der Waals surface area contributed by atoms with E-state index >= 15 is 0 Å². The third-order valence-electron chi connectivity index (χ3n) is 2.86. The zero-order valence-electron chi connectivity index (χ0n) is 10.8. The van der Waals surface area contributed by atoms with E-state index in [1.165, 1.54) is 4.88 Å². The van der Waals surface area contributed by atoms with E-state index in [4.69, 9.17) is 4.74 Å². The van der Waals surface area contributed by atoms with Gasteiger partial charge in [-0.25, -0.2) is 4.79 Å². The van der Waals surface area contributed by atoms with E-state index in [-0.39, 0.29) is 5.97 Å². The second kappa shape index (κ2) is 5.35. The fourth-order valence-corrected chi connectivity index (χ4v) is 2.53. The van der Waals surface area contributed by atoms with Crippen molar-refractivity contribution in [2.45, 2.75) is 20.3 Å². The third kappa shape index (κ3) is 2.46. The molecule has 0 saturated carbocycles. The first kappa shape index (κ1) is 12.8. The number of esters is 1. The summed E-state index contributed by atoms with van der Waals surface area (Å²) >= 11 is 1.68. The highest BCUT2D eigenvalue weighted by molar-refractivity contribution is 7.09. The van der Waals surface area contributed by atoms with Crippen molar-refractivity contribution in [1.29, 1.82) is 0 Å². The van der Waals surface area contributed by atoms with Gasteiger partial charge in [0.25, 0.3) is 0 Å². The topological polar surface area (TPSA) is 44.1 Å². The second-order valence-corrected chi connectivity index (χ2v) is 5.05. The maximum absolute atomic E-state index is 11.9. The van der Waals surface area contributed by atoms with E-state index in [1.54, 1.807) is 22.9 Å². The van der Waals surface area contributed by atoms with Gasteiger partial charge in [0.05, 0.1) is 6.61 Å². The summed E-state index contributed by atoms with van der Waals surface area (Å²) in [6, 6.07) is 4.07. The largest absolute Gasteiger partial charge is 0.461 e. The fraction of sp³-hybridized carbons (Fsp3) is 0.385. The molecule has 0 aliphatic heterocycles. The number of rotatable bonds is 4. The molecule has 4 nitrogen and oxygen atoms in total. The van der Waals surface area contributed by atoms with Gasteiger partial charge < -0.3 is 4.74 Å². The lowest BCUT2D eigenvalue weighted by atomic mass is 10.1. The standard InChI is InChI=1S/C13H16N2O2S/c1-4-17-13(16)12-11(9(2)15(3)14-12)8-10-6-5-7-18-10/h5-7H,4,8H2,1-3H3. The molecule has 0 bridgehead atoms. The number of carbonyl (C=O) groups is 1. The highest BCUT2D eigenvalue weighted by Gasteiger charge is 2.20. The van der Waals surface area contributed by atoms with E-state index in [9.17, 15) is 4.79 Å². The van der Waals surface area contributed by atoms with Crippen molar-refractivity contribution in [2.75, 3.05) is 6.61 Å². The van der Waals surface area contributed by atoms with Crippen LogP contribution < -0.4 is 0 Å². The minimum atomic E-state index is -0.340. The molecule has 18 heavy (non-hydrogen) atoms. The lowest BCUT2D eigenvalue weighted by Gasteiger charge is -2.02. The summed E-state index contributed by atoms with van der Waals surface area (Å²) in [5.74, 6) is -0.340. The van der Waals surface area contributed by atoms with Crippen LogP contribution in [0.25, 0.3) is 0 Å². The Hall–Kier alpha value is -1.62. The molecule has 96 valence electrons. The Morgan fingerprint density at radius 1 is 1.56 bits per heavy atom. The van der Waals surface area contributed by atoms with Crippen molar-refractivity contribution in [1.82, 2.24) is 9.78 Å². The Morgan fingerprint density at radius 2 is 2.33 bits per heavy atom. The van der Waals surface area contributed by atoms with Gasteiger partial charge in [-0.15, -0.1) is 11.3 Å². The van der Waals surface area contributed by atoms with Crippen LogP contribution in [0, 0.1) is 6.92 Å². The number of carbonyl (C=O) groups excluding carboxylic acids is 1. The number of nitrogens with zero attached hydrogens (tertiary/aromatic N) is 2. The molecule has 0 saturated heterocycles. The van der Waals surface area contributed by atoms with Crippen LogP contribution in [0.15, 0.2) is 17.5 Å². The molecule has 0 atom stereocenters. The predicted octanol–water partition coefficient (Wildman–Crippen LogP) is 2.56. The van der Waals surface area contributed by atoms with Gasteiger partial charge in [0.15, 0.2) is 5.69 Å². The Labute approximate surface area is 110 Å². The van der Waals surface area contributed by atoms with Gasteiger partial charge in [0, 0.05) is 29.6 Å². The smallest absolute Gasteiger partial charge is 0.359 e. The molecule has 0 aromatic carbocycles. The van der Waals surface area contributed by atoms with Crippen LogP contribution in [-0.2, 0) is 18.2 Å². The first-order valence-electron chi connectivity index (χ1n) is 5.85. The van der Waals surface area contributed by atoms with Crippen molar-refractivity contribution in [3.05, 3.63) is 39.3 Å². The second-order valence-electron chi connectivity index (χ2n) is 4.01. The number of hydrogen-bond donors (Lipinski definition) is 0. The molecule has 0 aliphatic rings. The maximum atomic E-state index is 11.9. The van der Waals surface area contributed by atoms with Crippen LogP contribution in [0.5, 0.6) is 0 Å². The van der Waals surface area contributed by atoms with E-state index in [0.29, 0.717) is 12.3 Å². The summed E-state index contributed by atoms with van der Waals surface area (Å²) in [4.78, 5) is 13.1. The van der Waals surface area contributed by atoms with E-state index in [0.717, 1.165) is 17.7 Å². The van der Waals surface area contributed by atoms with Crippen LogP contribution >= 0.6 is 11.3 Å². The zero-order chi connectivity index (χ0) is 13.1. The van der Waals surface area contributed by atoms with Crippen LogP contribution in [-0.4, -0.2) is 22.4 Å². The van der Waals surface area contributed by atoms with Crippen molar-refractivity contribution in [2.24, 2.45) is 7.05 Å². The number of hydrogen-bond acceptors (Lipinski definition) is 4. The molecule has 0 aliphatic carbocycles. The van der Waals surface area contributed by atoms with Gasteiger partial charge in [-0.1, -0.05) is 6.07 Å². The SMILES string of the molecule is CCOC(=O)c1nn(C)c(C)c1Cc1cccs1. The van der Waals surface area contributed by atoms with Crippen LogP contribution in [0.1, 0.15) is 33.5 Å². The number of ether oxygens (including phenoxy) is 1. The first-order valence-corrected chi connectivity index (χ1v) is 6.73. The molecule has 2 aromatic heterocycles. The van der Waals surface area contributed by atoms with Gasteiger partial charge in [-0.05, 0) is 25.3 Å². The summed E-state index contributed by atoms with van der Waals surface area (Å²) in [7, 11) is 1.84. The van der Waals surface area contributed by atoms with Crippen LogP contribution in [0.3, 0.4) is 0 Å². The van der Waals surface area contributed by atoms with Gasteiger partial charge in [-0.2, -0.15) is 5.10 Å². The average Bonchev–Trinajstić information content (AvgIpc) is 2.93. The lowest BCUT2D eigenvalue weighted by Crippen LogP contribution is -2.08. The number of thiophene rings is 1. The Balaban J connectivity index is 2.35. The van der Waals surface area contributed by atoms with E-state index < -0.39 is 0 Å². The molecule has 2 aromatic rings. The van der Waals surface area contributed by atoms with Gasteiger partial charge in [0.2, 0.25) is 0 Å². The number of aromatic nitrogens is 2. The molecule has 5 heteroatoms. The maximum Gasteiger partial charge on any atom is 0.359 e.